The first-order chi connectivity index (χ1) is 33.5. The Balaban J connectivity index is 0.922. The minimum atomic E-state index is -4.92. The van der Waals surface area contributed by atoms with Gasteiger partial charge in [0.25, 0.3) is 21.6 Å². The summed E-state index contributed by atoms with van der Waals surface area (Å²) in [5.74, 6) is -1.60. The van der Waals surface area contributed by atoms with E-state index in [2.05, 4.69) is 62.9 Å². The van der Waals surface area contributed by atoms with Gasteiger partial charge in [0.05, 0.1) is 40.8 Å². The number of nitrogens with one attached hydrogen (secondary N) is 3. The Labute approximate surface area is 411 Å². The molecule has 2 aromatic heterocycles. The Morgan fingerprint density at radius 3 is 2.39 bits per heavy atom. The van der Waals surface area contributed by atoms with Gasteiger partial charge in [0.15, 0.2) is 5.82 Å². The number of amides is 1. The van der Waals surface area contributed by atoms with Gasteiger partial charge in [0, 0.05) is 85.8 Å². The van der Waals surface area contributed by atoms with Crippen LogP contribution >= 0.6 is 11.6 Å². The van der Waals surface area contributed by atoms with Crippen LogP contribution in [0.15, 0.2) is 89.6 Å². The summed E-state index contributed by atoms with van der Waals surface area (Å²) in [6.07, 6.45) is 8.79. The number of rotatable bonds is 17. The number of alkyl halides is 1. The standard InChI is InChI=1S/C51H59ClF2N8O7S/c1-33(2)23-43(35-5-7-37(52)8-6-35)34(3)28-51(12-4-13-51)61-21-19-60(20-22-61)38-9-10-42(46(25-38)69-40-24-36-11-16-55-48(36)56-29-40)49(63)58-70(66,67)41-26-44(53)47(45(27-41)62(64)65)57-32-50(54)14-17-59(18-15-50)39-30-68-31-39/h5-11,16,24-27,29,33,39,57H,4,12-15,17-23,28,30-32H2,1-3H3,(H,55,56)(H,58,63)/b43-34-. The van der Waals surface area contributed by atoms with Crippen molar-refractivity contribution in [3.8, 4) is 11.5 Å². The van der Waals surface area contributed by atoms with Crippen LogP contribution in [0.25, 0.3) is 16.6 Å². The van der Waals surface area contributed by atoms with E-state index in [1.54, 1.807) is 24.4 Å². The Bertz CT molecular complexity index is 2890. The number of hydrogen-bond acceptors (Lipinski definition) is 12. The molecule has 4 fully saturated rings. The van der Waals surface area contributed by atoms with Crippen molar-refractivity contribution in [1.82, 2.24) is 24.5 Å². The number of anilines is 2. The number of piperazine rings is 1. The summed E-state index contributed by atoms with van der Waals surface area (Å²) in [6, 6.07) is 18.0. The maximum absolute atomic E-state index is 15.8. The number of H-pyrrole nitrogens is 1. The van der Waals surface area contributed by atoms with Crippen molar-refractivity contribution in [2.75, 3.05) is 69.2 Å². The number of carbonyl (C=O) groups is 1. The predicted octanol–water partition coefficient (Wildman–Crippen LogP) is 9.74. The number of fused-ring (bicyclic) bond motifs is 1. The molecule has 5 heterocycles. The summed E-state index contributed by atoms with van der Waals surface area (Å²) in [5.41, 5.74) is 1.89. The third-order valence-corrected chi connectivity index (χ3v) is 16.1. The minimum absolute atomic E-state index is 0.0316. The lowest BCUT2D eigenvalue weighted by Crippen LogP contribution is -2.60. The van der Waals surface area contributed by atoms with Gasteiger partial charge < -0.3 is 24.7 Å². The van der Waals surface area contributed by atoms with Crippen molar-refractivity contribution in [2.45, 2.75) is 87.9 Å². The van der Waals surface area contributed by atoms with E-state index in [9.17, 15) is 23.3 Å². The molecule has 9 rings (SSSR count). The van der Waals surface area contributed by atoms with Gasteiger partial charge in [0.1, 0.15) is 28.5 Å². The molecule has 5 aromatic rings. The lowest BCUT2D eigenvalue weighted by molar-refractivity contribution is -0.384. The van der Waals surface area contributed by atoms with Crippen LogP contribution in [0.5, 0.6) is 11.5 Å². The van der Waals surface area contributed by atoms with E-state index in [-0.39, 0.29) is 41.5 Å². The van der Waals surface area contributed by atoms with Crippen molar-refractivity contribution in [3.63, 3.8) is 0 Å². The lowest BCUT2D eigenvalue weighted by atomic mass is 9.70. The van der Waals surface area contributed by atoms with E-state index in [1.165, 1.54) is 35.4 Å². The zero-order valence-corrected chi connectivity index (χ0v) is 41.2. The number of likely N-dealkylation sites (tertiary alicyclic amines) is 1. The molecule has 1 saturated carbocycles. The van der Waals surface area contributed by atoms with Gasteiger partial charge in [0.2, 0.25) is 0 Å². The number of nitro groups is 1. The SMILES string of the molecule is C/C(CC1(N2CCN(c3ccc(C(=O)NS(=O)(=O)c4cc(F)c(NCC5(F)CCN(C6COC6)CC5)c([N+](=O)[O-])c4)c(Oc4cnc5[nH]ccc5c4)c3)CC2)CCC1)=C(\CC(C)C)c1ccc(Cl)cc1. The van der Waals surface area contributed by atoms with Crippen LogP contribution in [0.2, 0.25) is 5.02 Å². The number of hydrogen-bond donors (Lipinski definition) is 3. The third-order valence-electron chi connectivity index (χ3n) is 14.5. The smallest absolute Gasteiger partial charge is 0.296 e. The molecule has 1 amide bonds. The largest absolute Gasteiger partial charge is 0.455 e. The number of allylic oxidation sites excluding steroid dienone is 1. The van der Waals surface area contributed by atoms with Gasteiger partial charge in [-0.2, -0.15) is 0 Å². The summed E-state index contributed by atoms with van der Waals surface area (Å²) in [5, 5.41) is 16.2. The predicted molar refractivity (Wildman–Crippen MR) is 267 cm³/mol. The number of benzene rings is 3. The summed E-state index contributed by atoms with van der Waals surface area (Å²) in [7, 11) is -4.92. The molecule has 0 atom stereocenters. The highest BCUT2D eigenvalue weighted by Crippen LogP contribution is 2.45. The van der Waals surface area contributed by atoms with E-state index in [0.29, 0.717) is 63.1 Å². The number of aromatic amines is 1. The van der Waals surface area contributed by atoms with Crippen LogP contribution in [0.4, 0.5) is 25.8 Å². The maximum Gasteiger partial charge on any atom is 0.296 e. The Kier molecular flexibility index (Phi) is 14.2. The van der Waals surface area contributed by atoms with Crippen LogP contribution in [-0.2, 0) is 14.8 Å². The Morgan fingerprint density at radius 1 is 1.01 bits per heavy atom. The van der Waals surface area contributed by atoms with Crippen molar-refractivity contribution in [1.29, 1.82) is 0 Å². The second-order valence-corrected chi connectivity index (χ2v) is 21.8. The van der Waals surface area contributed by atoms with E-state index in [4.69, 9.17) is 21.1 Å². The van der Waals surface area contributed by atoms with Crippen molar-refractivity contribution < 1.29 is 36.4 Å². The van der Waals surface area contributed by atoms with Crippen molar-refractivity contribution in [3.05, 3.63) is 117 Å². The monoisotopic (exact) mass is 1000 g/mol. The van der Waals surface area contributed by atoms with Gasteiger partial charge in [-0.1, -0.05) is 43.2 Å². The molecule has 0 radical (unpaired) electrons. The molecule has 3 aromatic carbocycles. The summed E-state index contributed by atoms with van der Waals surface area (Å²) in [4.78, 5) is 38.9. The zero-order valence-electron chi connectivity index (χ0n) is 39.6. The molecule has 70 heavy (non-hydrogen) atoms. The number of nitrogens with zero attached hydrogens (tertiary/aromatic N) is 5. The topological polar surface area (TPSA) is 175 Å². The maximum atomic E-state index is 15.8. The molecule has 15 nitrogen and oxygen atoms in total. The minimum Gasteiger partial charge on any atom is -0.455 e. The number of aromatic nitrogens is 2. The Morgan fingerprint density at radius 2 is 1.74 bits per heavy atom. The average molecular weight is 1000 g/mol. The van der Waals surface area contributed by atoms with Crippen LogP contribution in [-0.4, -0.2) is 115 Å². The first-order valence-electron chi connectivity index (χ1n) is 24.0. The van der Waals surface area contributed by atoms with Crippen LogP contribution in [0.3, 0.4) is 0 Å². The molecular formula is C51H59ClF2N8O7S. The quantitative estimate of drug-likeness (QED) is 0.0595. The molecule has 3 N–H and O–H groups in total. The van der Waals surface area contributed by atoms with Crippen molar-refractivity contribution >= 4 is 61.2 Å². The molecule has 0 bridgehead atoms. The highest BCUT2D eigenvalue weighted by atomic mass is 35.5. The fourth-order valence-corrected chi connectivity index (χ4v) is 11.5. The fraction of sp³-hybridized carbons (Fsp3) is 0.451. The number of nitro benzene ring substituents is 1. The zero-order chi connectivity index (χ0) is 49.4. The van der Waals surface area contributed by atoms with E-state index in [0.717, 1.165) is 54.9 Å². The number of halogens is 3. The average Bonchev–Trinajstić information content (AvgIpc) is 3.77. The van der Waals surface area contributed by atoms with Crippen LogP contribution < -0.4 is 19.7 Å². The summed E-state index contributed by atoms with van der Waals surface area (Å²) in [6.45, 7) is 11.4. The van der Waals surface area contributed by atoms with E-state index in [1.807, 2.05) is 22.9 Å². The molecule has 0 spiro atoms. The van der Waals surface area contributed by atoms with Crippen molar-refractivity contribution in [2.24, 2.45) is 5.92 Å². The fourth-order valence-electron chi connectivity index (χ4n) is 10.3. The first kappa shape index (κ1) is 49.3. The third kappa shape index (κ3) is 10.7. The summed E-state index contributed by atoms with van der Waals surface area (Å²) >= 11 is 6.26. The number of sulfonamides is 1. The molecule has 0 unspecified atom stereocenters. The van der Waals surface area contributed by atoms with Gasteiger partial charge in [-0.05, 0) is 111 Å². The number of piperidine rings is 1. The number of carbonyl (C=O) groups excluding carboxylic acids is 1. The molecule has 3 aliphatic heterocycles. The molecular weight excluding hydrogens is 942 g/mol. The Hall–Kier alpha value is -5.66. The van der Waals surface area contributed by atoms with Gasteiger partial charge in [-0.25, -0.2) is 26.9 Å². The normalized spacial score (nSPS) is 19.0. The second-order valence-electron chi connectivity index (χ2n) is 19.7. The molecule has 3 saturated heterocycles. The molecule has 4 aliphatic rings. The van der Waals surface area contributed by atoms with Gasteiger partial charge in [-0.15, -0.1) is 0 Å². The molecule has 1 aliphatic carbocycles. The number of ether oxygens (including phenoxy) is 2. The van der Waals surface area contributed by atoms with Crippen LogP contribution in [0.1, 0.15) is 81.6 Å². The summed E-state index contributed by atoms with van der Waals surface area (Å²) < 4.78 is 72.8. The lowest BCUT2D eigenvalue weighted by Gasteiger charge is -2.54. The molecule has 372 valence electrons. The van der Waals surface area contributed by atoms with Gasteiger partial charge in [-0.3, -0.25) is 24.7 Å². The highest BCUT2D eigenvalue weighted by Gasteiger charge is 2.44. The van der Waals surface area contributed by atoms with E-state index >= 15 is 8.78 Å². The second kappa shape index (κ2) is 20.2. The van der Waals surface area contributed by atoms with Gasteiger partial charge >= 0.3 is 0 Å². The number of pyridine rings is 1. The first-order valence-corrected chi connectivity index (χ1v) is 25.8. The van der Waals surface area contributed by atoms with Crippen LogP contribution in [0, 0.1) is 21.8 Å². The molecule has 19 heteroatoms. The highest BCUT2D eigenvalue weighted by molar-refractivity contribution is 7.90. The van der Waals surface area contributed by atoms with E-state index < -0.39 is 55.2 Å².